The SMILES string of the molecule is COC(=O)C[C@H]1[C@@H](c2ccccc2)ON(Cc2ccccc2)[C@@H]1C(=O)OC. The number of methoxy groups -OCH3 is 2. The summed E-state index contributed by atoms with van der Waals surface area (Å²) in [7, 11) is 2.68. The third-order valence-electron chi connectivity index (χ3n) is 4.74. The first-order chi connectivity index (χ1) is 13.1. The Morgan fingerprint density at radius 2 is 1.59 bits per heavy atom. The van der Waals surface area contributed by atoms with E-state index in [1.54, 1.807) is 5.06 Å². The maximum Gasteiger partial charge on any atom is 0.325 e. The molecular weight excluding hydrogens is 346 g/mol. The Kier molecular flexibility index (Phi) is 6.21. The van der Waals surface area contributed by atoms with Gasteiger partial charge in [-0.25, -0.2) is 0 Å². The molecule has 3 rings (SSSR count). The molecule has 0 unspecified atom stereocenters. The van der Waals surface area contributed by atoms with Crippen molar-refractivity contribution in [3.8, 4) is 0 Å². The molecule has 0 bridgehead atoms. The zero-order valence-corrected chi connectivity index (χ0v) is 15.4. The number of ether oxygens (including phenoxy) is 2. The Morgan fingerprint density at radius 1 is 0.963 bits per heavy atom. The number of benzene rings is 2. The quantitative estimate of drug-likeness (QED) is 0.730. The Balaban J connectivity index is 1.95. The van der Waals surface area contributed by atoms with E-state index in [9.17, 15) is 9.59 Å². The fourth-order valence-corrected chi connectivity index (χ4v) is 3.43. The second kappa shape index (κ2) is 8.79. The summed E-state index contributed by atoms with van der Waals surface area (Å²) < 4.78 is 9.87. The largest absolute Gasteiger partial charge is 0.469 e. The van der Waals surface area contributed by atoms with E-state index in [1.165, 1.54) is 14.2 Å². The van der Waals surface area contributed by atoms with Crippen LogP contribution in [0.25, 0.3) is 0 Å². The van der Waals surface area contributed by atoms with Crippen LogP contribution in [0.2, 0.25) is 0 Å². The van der Waals surface area contributed by atoms with Crippen molar-refractivity contribution in [2.45, 2.75) is 25.1 Å². The number of hydroxylamine groups is 2. The zero-order chi connectivity index (χ0) is 19.2. The van der Waals surface area contributed by atoms with Crippen molar-refractivity contribution >= 4 is 11.9 Å². The van der Waals surface area contributed by atoms with E-state index in [0.29, 0.717) is 6.54 Å². The lowest BCUT2D eigenvalue weighted by atomic mass is 9.87. The number of carbonyl (C=O) groups excluding carboxylic acids is 2. The summed E-state index contributed by atoms with van der Waals surface area (Å²) in [6.45, 7) is 0.404. The minimum Gasteiger partial charge on any atom is -0.469 e. The summed E-state index contributed by atoms with van der Waals surface area (Å²) in [4.78, 5) is 30.8. The highest BCUT2D eigenvalue weighted by Gasteiger charge is 2.49. The third-order valence-corrected chi connectivity index (χ3v) is 4.74. The van der Waals surface area contributed by atoms with Crippen molar-refractivity contribution in [1.82, 2.24) is 5.06 Å². The van der Waals surface area contributed by atoms with Gasteiger partial charge in [0.15, 0.2) is 0 Å². The van der Waals surface area contributed by atoms with Crippen LogP contribution in [0.3, 0.4) is 0 Å². The zero-order valence-electron chi connectivity index (χ0n) is 15.4. The lowest BCUT2D eigenvalue weighted by Gasteiger charge is -2.23. The molecule has 1 aliphatic rings. The summed E-state index contributed by atoms with van der Waals surface area (Å²) in [6.07, 6.45) is -0.390. The van der Waals surface area contributed by atoms with E-state index < -0.39 is 24.0 Å². The number of hydrogen-bond acceptors (Lipinski definition) is 6. The molecule has 1 saturated heterocycles. The molecule has 2 aromatic carbocycles. The molecule has 0 radical (unpaired) electrons. The highest BCUT2D eigenvalue weighted by molar-refractivity contribution is 5.78. The molecule has 3 atom stereocenters. The summed E-state index contributed by atoms with van der Waals surface area (Å²) in [6, 6.07) is 18.6. The first-order valence-electron chi connectivity index (χ1n) is 8.81. The molecule has 1 heterocycles. The van der Waals surface area contributed by atoms with Crippen LogP contribution < -0.4 is 0 Å². The van der Waals surface area contributed by atoms with Crippen LogP contribution in [0.5, 0.6) is 0 Å². The van der Waals surface area contributed by atoms with E-state index in [0.717, 1.165) is 11.1 Å². The molecule has 0 N–H and O–H groups in total. The molecule has 0 spiro atoms. The van der Waals surface area contributed by atoms with Gasteiger partial charge in [-0.1, -0.05) is 60.7 Å². The number of esters is 2. The summed E-state index contributed by atoms with van der Waals surface area (Å²) in [5, 5.41) is 1.62. The fourth-order valence-electron chi connectivity index (χ4n) is 3.43. The fraction of sp³-hybridized carbons (Fsp3) is 0.333. The van der Waals surface area contributed by atoms with Gasteiger partial charge in [0, 0.05) is 5.92 Å². The third kappa shape index (κ3) is 4.35. The van der Waals surface area contributed by atoms with Gasteiger partial charge in [-0.05, 0) is 11.1 Å². The maximum absolute atomic E-state index is 12.6. The van der Waals surface area contributed by atoms with Crippen LogP contribution in [-0.4, -0.2) is 37.3 Å². The lowest BCUT2D eigenvalue weighted by Crippen LogP contribution is -2.40. The second-order valence-electron chi connectivity index (χ2n) is 6.41. The molecule has 0 amide bonds. The predicted octanol–water partition coefficient (Wildman–Crippen LogP) is 2.90. The van der Waals surface area contributed by atoms with Crippen LogP contribution in [0.15, 0.2) is 60.7 Å². The van der Waals surface area contributed by atoms with Gasteiger partial charge in [0.25, 0.3) is 0 Å². The van der Waals surface area contributed by atoms with Crippen molar-refractivity contribution in [1.29, 1.82) is 0 Å². The first-order valence-corrected chi connectivity index (χ1v) is 8.81. The smallest absolute Gasteiger partial charge is 0.325 e. The monoisotopic (exact) mass is 369 g/mol. The van der Waals surface area contributed by atoms with Gasteiger partial charge in [0.05, 0.1) is 27.2 Å². The molecule has 1 aliphatic heterocycles. The molecule has 1 fully saturated rings. The summed E-state index contributed by atoms with van der Waals surface area (Å²) >= 11 is 0. The Labute approximate surface area is 158 Å². The minimum absolute atomic E-state index is 0.0567. The van der Waals surface area contributed by atoms with Gasteiger partial charge in [0.1, 0.15) is 12.1 Å². The second-order valence-corrected chi connectivity index (χ2v) is 6.41. The molecule has 6 heteroatoms. The highest BCUT2D eigenvalue weighted by Crippen LogP contribution is 2.42. The first kappa shape index (κ1) is 19.1. The van der Waals surface area contributed by atoms with Gasteiger partial charge < -0.3 is 9.47 Å². The van der Waals surface area contributed by atoms with E-state index in [4.69, 9.17) is 14.3 Å². The maximum atomic E-state index is 12.6. The molecular formula is C21H23NO5. The Morgan fingerprint density at radius 3 is 2.19 bits per heavy atom. The van der Waals surface area contributed by atoms with E-state index >= 15 is 0 Å². The average Bonchev–Trinajstić information content (AvgIpc) is 3.06. The van der Waals surface area contributed by atoms with Crippen LogP contribution in [-0.2, 0) is 30.4 Å². The number of hydrogen-bond donors (Lipinski definition) is 0. The van der Waals surface area contributed by atoms with Crippen LogP contribution in [0.4, 0.5) is 0 Å². The standard InChI is InChI=1S/C21H23NO5/c1-25-18(23)13-17-19(21(24)26-2)22(14-15-9-5-3-6-10-15)27-20(17)16-11-7-4-8-12-16/h3-12,17,19-20H,13-14H2,1-2H3/t17-,19+,20-/m1/s1. The summed E-state index contributed by atoms with van der Waals surface area (Å²) in [5.74, 6) is -1.24. The molecule has 142 valence electrons. The van der Waals surface area contributed by atoms with Crippen molar-refractivity contribution in [2.75, 3.05) is 14.2 Å². The van der Waals surface area contributed by atoms with Crippen LogP contribution in [0, 0.1) is 5.92 Å². The normalized spacial score (nSPS) is 22.4. The Hall–Kier alpha value is -2.70. The van der Waals surface area contributed by atoms with Gasteiger partial charge in [-0.2, -0.15) is 5.06 Å². The van der Waals surface area contributed by atoms with Gasteiger partial charge in [-0.15, -0.1) is 0 Å². The lowest BCUT2D eigenvalue weighted by molar-refractivity contribution is -0.186. The molecule has 6 nitrogen and oxygen atoms in total. The van der Waals surface area contributed by atoms with Crippen LogP contribution in [0.1, 0.15) is 23.7 Å². The number of nitrogens with zero attached hydrogens (tertiary/aromatic N) is 1. The molecule has 0 saturated carbocycles. The van der Waals surface area contributed by atoms with Crippen LogP contribution >= 0.6 is 0 Å². The minimum atomic E-state index is -0.709. The van der Waals surface area contributed by atoms with Crippen molar-refractivity contribution in [2.24, 2.45) is 5.92 Å². The van der Waals surface area contributed by atoms with E-state index in [1.807, 2.05) is 60.7 Å². The van der Waals surface area contributed by atoms with E-state index in [-0.39, 0.29) is 12.4 Å². The topological polar surface area (TPSA) is 65.1 Å². The van der Waals surface area contributed by atoms with Gasteiger partial charge in [0.2, 0.25) is 0 Å². The van der Waals surface area contributed by atoms with E-state index in [2.05, 4.69) is 0 Å². The highest BCUT2D eigenvalue weighted by atomic mass is 16.7. The van der Waals surface area contributed by atoms with Crippen molar-refractivity contribution in [3.63, 3.8) is 0 Å². The molecule has 2 aromatic rings. The predicted molar refractivity (Wildman–Crippen MR) is 98.2 cm³/mol. The molecule has 27 heavy (non-hydrogen) atoms. The van der Waals surface area contributed by atoms with Gasteiger partial charge >= 0.3 is 11.9 Å². The number of rotatable bonds is 6. The average molecular weight is 369 g/mol. The summed E-state index contributed by atoms with van der Waals surface area (Å²) in [5.41, 5.74) is 1.90. The Bertz CT molecular complexity index is 765. The van der Waals surface area contributed by atoms with Gasteiger partial charge in [-0.3, -0.25) is 14.4 Å². The van der Waals surface area contributed by atoms with Crippen molar-refractivity contribution < 1.29 is 23.9 Å². The molecule has 0 aliphatic carbocycles. The molecule has 0 aromatic heterocycles. The van der Waals surface area contributed by atoms with Crippen molar-refractivity contribution in [3.05, 3.63) is 71.8 Å². The number of carbonyl (C=O) groups is 2.